The number of rotatable bonds is 8. The van der Waals surface area contributed by atoms with E-state index in [1.807, 2.05) is 133 Å². The summed E-state index contributed by atoms with van der Waals surface area (Å²) in [6, 6.07) is 42.6. The Labute approximate surface area is 253 Å². The highest BCUT2D eigenvalue weighted by Gasteiger charge is 2.22. The van der Waals surface area contributed by atoms with Crippen LogP contribution in [-0.4, -0.2) is 16.0 Å². The van der Waals surface area contributed by atoms with E-state index in [2.05, 4.69) is 20.9 Å². The molecule has 1 heterocycles. The van der Waals surface area contributed by atoms with Crippen molar-refractivity contribution in [2.75, 3.05) is 16.0 Å². The van der Waals surface area contributed by atoms with Gasteiger partial charge in [-0.3, -0.25) is 4.79 Å². The topological polar surface area (TPSA) is 79.2 Å². The van der Waals surface area contributed by atoms with Gasteiger partial charge in [-0.05, 0) is 90.6 Å². The number of carbonyl (C=O) groups is 1. The summed E-state index contributed by atoms with van der Waals surface area (Å²) in [6.45, 7) is 0. The molecule has 3 N–H and O–H groups in total. The van der Waals surface area contributed by atoms with Crippen molar-refractivity contribution in [3.05, 3.63) is 139 Å². The highest BCUT2D eigenvalue weighted by Crippen LogP contribution is 2.37. The molecular formula is C34H26N4O2S2. The Balaban J connectivity index is 1.13. The number of amides is 1. The van der Waals surface area contributed by atoms with Crippen molar-refractivity contribution in [1.82, 2.24) is 4.98 Å². The zero-order chi connectivity index (χ0) is 28.7. The van der Waals surface area contributed by atoms with E-state index >= 15 is 0 Å². The van der Waals surface area contributed by atoms with Crippen molar-refractivity contribution >= 4 is 63.2 Å². The second-order valence-corrected chi connectivity index (χ2v) is 11.0. The van der Waals surface area contributed by atoms with Crippen molar-refractivity contribution in [1.29, 1.82) is 0 Å². The molecule has 1 aromatic heterocycles. The van der Waals surface area contributed by atoms with Crippen molar-refractivity contribution in [3.63, 3.8) is 0 Å². The molecule has 1 unspecified atom stereocenters. The minimum Gasteiger partial charge on any atom is -0.436 e. The van der Waals surface area contributed by atoms with Crippen LogP contribution < -0.4 is 16.0 Å². The molecule has 1 amide bonds. The van der Waals surface area contributed by atoms with Gasteiger partial charge in [-0.15, -0.1) is 11.8 Å². The second-order valence-electron chi connectivity index (χ2n) is 9.43. The molecule has 6 rings (SSSR count). The fourth-order valence-corrected chi connectivity index (χ4v) is 5.63. The second kappa shape index (κ2) is 12.7. The number of fused-ring (bicyclic) bond motifs is 1. The monoisotopic (exact) mass is 586 g/mol. The zero-order valence-electron chi connectivity index (χ0n) is 22.4. The lowest BCUT2D eigenvalue weighted by molar-refractivity contribution is -0.115. The normalized spacial score (nSPS) is 11.5. The standard InChI is InChI=1S/C34H26N4O2S2/c39-32(35-26-17-15-24(16-18-26)33-38-29-13-7-8-14-30(29)40-33)31(23-9-3-1-4-10-23)42-28-21-19-27(20-22-28)37-34(41)36-25-11-5-2-6-12-25/h1-22,31H,(H,35,39)(H2,36,37,41). The number of benzene rings is 5. The molecule has 206 valence electrons. The fraction of sp³-hybridized carbons (Fsp3) is 0.0294. The van der Waals surface area contributed by atoms with E-state index in [0.29, 0.717) is 16.7 Å². The van der Waals surface area contributed by atoms with Gasteiger partial charge in [-0.2, -0.15) is 0 Å². The Morgan fingerprint density at radius 1 is 0.667 bits per heavy atom. The van der Waals surface area contributed by atoms with E-state index in [1.165, 1.54) is 11.8 Å². The van der Waals surface area contributed by atoms with Crippen LogP contribution >= 0.6 is 24.0 Å². The smallest absolute Gasteiger partial charge is 0.242 e. The number of thioether (sulfide) groups is 1. The first-order valence-electron chi connectivity index (χ1n) is 13.3. The molecule has 0 bridgehead atoms. The Morgan fingerprint density at radius 2 is 1.24 bits per heavy atom. The van der Waals surface area contributed by atoms with Gasteiger partial charge in [0.1, 0.15) is 10.8 Å². The molecule has 6 nitrogen and oxygen atoms in total. The zero-order valence-corrected chi connectivity index (χ0v) is 24.0. The molecule has 0 aliphatic rings. The van der Waals surface area contributed by atoms with Gasteiger partial charge in [0.05, 0.1) is 0 Å². The Hall–Kier alpha value is -4.92. The molecule has 6 aromatic rings. The molecule has 0 aliphatic heterocycles. The molecule has 0 radical (unpaired) electrons. The predicted octanol–water partition coefficient (Wildman–Crippen LogP) is 8.78. The maximum Gasteiger partial charge on any atom is 0.242 e. The molecule has 0 saturated carbocycles. The number of nitrogens with zero attached hydrogens (tertiary/aromatic N) is 1. The van der Waals surface area contributed by atoms with Gasteiger partial charge >= 0.3 is 0 Å². The van der Waals surface area contributed by atoms with E-state index in [0.717, 1.165) is 38.5 Å². The number of thiocarbonyl (C=S) groups is 1. The molecule has 1 atom stereocenters. The van der Waals surface area contributed by atoms with Gasteiger partial charge in [-0.1, -0.05) is 60.7 Å². The summed E-state index contributed by atoms with van der Waals surface area (Å²) in [5.41, 5.74) is 5.77. The predicted molar refractivity (Wildman–Crippen MR) is 176 cm³/mol. The van der Waals surface area contributed by atoms with Gasteiger partial charge in [-0.25, -0.2) is 4.98 Å². The number of oxazole rings is 1. The van der Waals surface area contributed by atoms with E-state index < -0.39 is 5.25 Å². The van der Waals surface area contributed by atoms with E-state index in [1.54, 1.807) is 0 Å². The highest BCUT2D eigenvalue weighted by atomic mass is 32.2. The minimum atomic E-state index is -0.456. The molecule has 0 saturated heterocycles. The number of aromatic nitrogens is 1. The number of anilines is 3. The highest BCUT2D eigenvalue weighted by molar-refractivity contribution is 8.00. The first-order valence-corrected chi connectivity index (χ1v) is 14.6. The summed E-state index contributed by atoms with van der Waals surface area (Å²) in [5.74, 6) is 0.428. The van der Waals surface area contributed by atoms with Gasteiger partial charge in [0.25, 0.3) is 0 Å². The molecular weight excluding hydrogens is 561 g/mol. The van der Waals surface area contributed by atoms with E-state index in [-0.39, 0.29) is 5.91 Å². The molecule has 0 spiro atoms. The van der Waals surface area contributed by atoms with Crippen molar-refractivity contribution in [3.8, 4) is 11.5 Å². The minimum absolute atomic E-state index is 0.115. The van der Waals surface area contributed by atoms with Gasteiger partial charge in [0, 0.05) is 27.5 Å². The average Bonchev–Trinajstić information content (AvgIpc) is 3.46. The fourth-order valence-electron chi connectivity index (χ4n) is 4.37. The maximum absolute atomic E-state index is 13.6. The largest absolute Gasteiger partial charge is 0.436 e. The van der Waals surface area contributed by atoms with Crippen LogP contribution in [0.25, 0.3) is 22.6 Å². The summed E-state index contributed by atoms with van der Waals surface area (Å²) in [5, 5.41) is 9.50. The molecule has 0 aliphatic carbocycles. The van der Waals surface area contributed by atoms with E-state index in [4.69, 9.17) is 16.6 Å². The maximum atomic E-state index is 13.6. The van der Waals surface area contributed by atoms with Crippen LogP contribution in [-0.2, 0) is 4.79 Å². The lowest BCUT2D eigenvalue weighted by Gasteiger charge is -2.18. The Morgan fingerprint density at radius 3 is 1.93 bits per heavy atom. The van der Waals surface area contributed by atoms with Crippen molar-refractivity contribution < 1.29 is 9.21 Å². The van der Waals surface area contributed by atoms with Gasteiger partial charge in [0.2, 0.25) is 11.8 Å². The lowest BCUT2D eigenvalue weighted by Crippen LogP contribution is -2.19. The number of para-hydroxylation sites is 3. The summed E-state index contributed by atoms with van der Waals surface area (Å²) in [4.78, 5) is 19.1. The summed E-state index contributed by atoms with van der Waals surface area (Å²) in [7, 11) is 0. The van der Waals surface area contributed by atoms with Crippen molar-refractivity contribution in [2.24, 2.45) is 0 Å². The first-order chi connectivity index (χ1) is 20.6. The number of hydrogen-bond donors (Lipinski definition) is 3. The SMILES string of the molecule is O=C(Nc1ccc(-c2nc3ccccc3o2)cc1)C(Sc1ccc(NC(=S)Nc2ccccc2)cc1)c1ccccc1. The number of carbonyl (C=O) groups excluding carboxylic acids is 1. The third-order valence-electron chi connectivity index (χ3n) is 6.43. The first kappa shape index (κ1) is 27.3. The van der Waals surface area contributed by atoms with Crippen LogP contribution in [0.4, 0.5) is 17.1 Å². The quantitative estimate of drug-likeness (QED) is 0.122. The van der Waals surface area contributed by atoms with E-state index in [9.17, 15) is 4.79 Å². The van der Waals surface area contributed by atoms with Crippen LogP contribution in [0.3, 0.4) is 0 Å². The van der Waals surface area contributed by atoms with Crippen LogP contribution in [0, 0.1) is 0 Å². The lowest BCUT2D eigenvalue weighted by atomic mass is 10.1. The summed E-state index contributed by atoms with van der Waals surface area (Å²) >= 11 is 6.93. The van der Waals surface area contributed by atoms with Gasteiger partial charge in [0.15, 0.2) is 10.7 Å². The van der Waals surface area contributed by atoms with Crippen LogP contribution in [0.5, 0.6) is 0 Å². The number of hydrogen-bond acceptors (Lipinski definition) is 5. The average molecular weight is 587 g/mol. The van der Waals surface area contributed by atoms with Gasteiger partial charge < -0.3 is 20.4 Å². The summed E-state index contributed by atoms with van der Waals surface area (Å²) in [6.07, 6.45) is 0. The Kier molecular flexibility index (Phi) is 8.26. The number of nitrogens with one attached hydrogen (secondary N) is 3. The molecule has 42 heavy (non-hydrogen) atoms. The Bertz CT molecular complexity index is 1770. The summed E-state index contributed by atoms with van der Waals surface area (Å²) < 4.78 is 5.88. The van der Waals surface area contributed by atoms with Crippen molar-refractivity contribution in [2.45, 2.75) is 10.1 Å². The molecule has 8 heteroatoms. The third kappa shape index (κ3) is 6.68. The molecule has 5 aromatic carbocycles. The third-order valence-corrected chi connectivity index (χ3v) is 7.90. The van der Waals surface area contributed by atoms with Crippen LogP contribution in [0.2, 0.25) is 0 Å². The molecule has 0 fully saturated rings. The van der Waals surface area contributed by atoms with Crippen LogP contribution in [0.15, 0.2) is 143 Å². The van der Waals surface area contributed by atoms with Crippen LogP contribution in [0.1, 0.15) is 10.8 Å².